The molecular formula is C28H29FN4O2. The molecule has 0 radical (unpaired) electrons. The third kappa shape index (κ3) is 4.23. The number of aliphatic hydroxyl groups is 1. The van der Waals surface area contributed by atoms with Gasteiger partial charge >= 0.3 is 0 Å². The quantitative estimate of drug-likeness (QED) is 0.248. The van der Waals surface area contributed by atoms with E-state index in [-0.39, 0.29) is 5.75 Å². The summed E-state index contributed by atoms with van der Waals surface area (Å²) in [6.45, 7) is 6.62. The number of aromatic nitrogens is 2. The molecule has 0 bridgehead atoms. The number of pyridine rings is 1. The van der Waals surface area contributed by atoms with Gasteiger partial charge in [-0.15, -0.1) is 0 Å². The number of nitrogens with zero attached hydrogens (tertiary/aromatic N) is 1. The average molecular weight is 473 g/mol. The molecule has 35 heavy (non-hydrogen) atoms. The molecule has 0 amide bonds. The fraction of sp³-hybridized carbons (Fsp3) is 0.250. The van der Waals surface area contributed by atoms with Gasteiger partial charge in [0.25, 0.3) is 0 Å². The maximum Gasteiger partial charge on any atom is 0.190 e. The van der Waals surface area contributed by atoms with Crippen molar-refractivity contribution in [3.8, 4) is 5.75 Å². The number of nitrogens with one attached hydrogen (secondary N) is 3. The number of allylic oxidation sites excluding steroid dienone is 1. The van der Waals surface area contributed by atoms with Crippen molar-refractivity contribution in [1.82, 2.24) is 9.97 Å². The van der Waals surface area contributed by atoms with E-state index in [1.807, 2.05) is 25.3 Å². The minimum atomic E-state index is -0.554. The topological polar surface area (TPSA) is 82.2 Å². The lowest BCUT2D eigenvalue weighted by molar-refractivity contribution is 0.176. The summed E-state index contributed by atoms with van der Waals surface area (Å²) in [5.74, 6) is -0.316. The molecule has 0 fully saturated rings. The molecule has 2 aromatic heterocycles. The smallest absolute Gasteiger partial charge is 0.190 e. The van der Waals surface area contributed by atoms with E-state index < -0.39 is 11.9 Å². The Bertz CT molecular complexity index is 1410. The van der Waals surface area contributed by atoms with Crippen LogP contribution in [0.2, 0.25) is 0 Å². The number of fused-ring (bicyclic) bond motifs is 2. The summed E-state index contributed by atoms with van der Waals surface area (Å²) in [6.07, 6.45) is 5.19. The number of ether oxygens (including phenoxy) is 1. The number of aliphatic hydroxyl groups excluding tert-OH is 1. The van der Waals surface area contributed by atoms with Gasteiger partial charge in [-0.1, -0.05) is 24.8 Å². The normalized spacial score (nSPS) is 14.7. The van der Waals surface area contributed by atoms with Gasteiger partial charge in [0.05, 0.1) is 35.8 Å². The van der Waals surface area contributed by atoms with Gasteiger partial charge in [0.15, 0.2) is 11.6 Å². The van der Waals surface area contributed by atoms with Crippen molar-refractivity contribution >= 4 is 33.5 Å². The molecule has 2 aromatic carbocycles. The van der Waals surface area contributed by atoms with E-state index in [0.29, 0.717) is 30.0 Å². The highest BCUT2D eigenvalue weighted by Gasteiger charge is 2.25. The summed E-state index contributed by atoms with van der Waals surface area (Å²) < 4.78 is 20.8. The van der Waals surface area contributed by atoms with E-state index in [1.165, 1.54) is 7.11 Å². The molecule has 0 saturated heterocycles. The molecule has 0 saturated carbocycles. The van der Waals surface area contributed by atoms with Gasteiger partial charge < -0.3 is 25.5 Å². The molecule has 2 heterocycles. The van der Waals surface area contributed by atoms with E-state index in [1.54, 1.807) is 18.3 Å². The van der Waals surface area contributed by atoms with Gasteiger partial charge in [0, 0.05) is 35.6 Å². The number of aromatic amines is 1. The van der Waals surface area contributed by atoms with Gasteiger partial charge in [-0.2, -0.15) is 0 Å². The van der Waals surface area contributed by atoms with Crippen LogP contribution in [-0.4, -0.2) is 28.7 Å². The Hall–Kier alpha value is -3.84. The van der Waals surface area contributed by atoms with Crippen LogP contribution in [0.4, 0.5) is 21.5 Å². The van der Waals surface area contributed by atoms with E-state index in [2.05, 4.69) is 39.3 Å². The fourth-order valence-electron chi connectivity index (χ4n) is 4.84. The molecule has 4 aromatic rings. The van der Waals surface area contributed by atoms with Crippen molar-refractivity contribution in [2.45, 2.75) is 32.3 Å². The van der Waals surface area contributed by atoms with Crippen molar-refractivity contribution < 1.29 is 14.2 Å². The first-order valence-electron chi connectivity index (χ1n) is 11.8. The van der Waals surface area contributed by atoms with Crippen LogP contribution in [0.1, 0.15) is 41.8 Å². The third-order valence-corrected chi connectivity index (χ3v) is 6.61. The molecular weight excluding hydrogens is 443 g/mol. The second-order valence-electron chi connectivity index (χ2n) is 8.91. The molecule has 4 N–H and O–H groups in total. The second-order valence-corrected chi connectivity index (χ2v) is 8.91. The number of benzene rings is 2. The Morgan fingerprint density at radius 1 is 1.23 bits per heavy atom. The van der Waals surface area contributed by atoms with Crippen LogP contribution in [0.15, 0.2) is 55.4 Å². The van der Waals surface area contributed by atoms with Gasteiger partial charge in [0.2, 0.25) is 0 Å². The van der Waals surface area contributed by atoms with Gasteiger partial charge in [-0.25, -0.2) is 4.39 Å². The predicted octanol–water partition coefficient (Wildman–Crippen LogP) is 6.12. The molecule has 0 aliphatic heterocycles. The summed E-state index contributed by atoms with van der Waals surface area (Å²) in [5, 5.41) is 17.7. The van der Waals surface area contributed by atoms with E-state index in [4.69, 9.17) is 4.74 Å². The van der Waals surface area contributed by atoms with Crippen LogP contribution in [0.3, 0.4) is 0 Å². The van der Waals surface area contributed by atoms with E-state index in [0.717, 1.165) is 51.7 Å². The predicted molar refractivity (Wildman–Crippen MR) is 139 cm³/mol. The number of rotatable bonds is 8. The highest BCUT2D eigenvalue weighted by Crippen LogP contribution is 2.39. The zero-order chi connectivity index (χ0) is 24.5. The monoisotopic (exact) mass is 472 g/mol. The van der Waals surface area contributed by atoms with Crippen molar-refractivity contribution in [3.05, 3.63) is 83.6 Å². The van der Waals surface area contributed by atoms with Crippen LogP contribution < -0.4 is 15.4 Å². The first kappa shape index (κ1) is 22.9. The Morgan fingerprint density at radius 2 is 2.06 bits per heavy atom. The number of hydrogen-bond donors (Lipinski definition) is 4. The highest BCUT2D eigenvalue weighted by molar-refractivity contribution is 5.92. The maximum atomic E-state index is 15.3. The largest absolute Gasteiger partial charge is 0.492 e. The first-order valence-corrected chi connectivity index (χ1v) is 11.8. The van der Waals surface area contributed by atoms with Gasteiger partial charge in [-0.05, 0) is 61.1 Å². The summed E-state index contributed by atoms with van der Waals surface area (Å²) in [7, 11) is 1.46. The summed E-state index contributed by atoms with van der Waals surface area (Å²) >= 11 is 0. The minimum absolute atomic E-state index is 0.136. The lowest BCUT2D eigenvalue weighted by Crippen LogP contribution is -2.08. The number of anilines is 3. The van der Waals surface area contributed by atoms with Crippen molar-refractivity contribution in [3.63, 3.8) is 0 Å². The van der Waals surface area contributed by atoms with Crippen molar-refractivity contribution in [2.24, 2.45) is 0 Å². The van der Waals surface area contributed by atoms with Crippen LogP contribution in [-0.2, 0) is 12.8 Å². The summed E-state index contributed by atoms with van der Waals surface area (Å²) in [5.41, 5.74) is 7.70. The molecule has 1 aliphatic rings. The van der Waals surface area contributed by atoms with Crippen LogP contribution >= 0.6 is 0 Å². The third-order valence-electron chi connectivity index (χ3n) is 6.61. The second kappa shape index (κ2) is 9.43. The lowest BCUT2D eigenvalue weighted by Gasteiger charge is -2.17. The Balaban J connectivity index is 1.32. The SMILES string of the molecule is C=C(C)c1cccc2c(CCNc3ccc(Nc4ccnc5c4CC[C@@H]5O)c(OC)c3F)c[nH]c12. The highest BCUT2D eigenvalue weighted by atomic mass is 19.1. The van der Waals surface area contributed by atoms with Crippen molar-refractivity contribution in [2.75, 3.05) is 24.3 Å². The number of halogens is 1. The molecule has 6 nitrogen and oxygen atoms in total. The maximum absolute atomic E-state index is 15.3. The molecule has 5 rings (SSSR count). The average Bonchev–Trinajstić information content (AvgIpc) is 3.45. The Morgan fingerprint density at radius 3 is 2.86 bits per heavy atom. The van der Waals surface area contributed by atoms with E-state index in [9.17, 15) is 5.11 Å². The number of methoxy groups -OCH3 is 1. The van der Waals surface area contributed by atoms with Gasteiger partial charge in [0.1, 0.15) is 0 Å². The molecule has 1 atom stereocenters. The number of hydrogen-bond acceptors (Lipinski definition) is 5. The number of H-pyrrole nitrogens is 1. The minimum Gasteiger partial charge on any atom is -0.492 e. The van der Waals surface area contributed by atoms with E-state index >= 15 is 4.39 Å². The lowest BCUT2D eigenvalue weighted by atomic mass is 10.0. The zero-order valence-corrected chi connectivity index (χ0v) is 19.9. The summed E-state index contributed by atoms with van der Waals surface area (Å²) in [4.78, 5) is 7.65. The molecule has 180 valence electrons. The molecule has 1 aliphatic carbocycles. The fourth-order valence-corrected chi connectivity index (χ4v) is 4.84. The van der Waals surface area contributed by atoms with Crippen molar-refractivity contribution in [1.29, 1.82) is 0 Å². The molecule has 7 heteroatoms. The molecule has 0 unspecified atom stereocenters. The zero-order valence-electron chi connectivity index (χ0n) is 19.9. The standard InChI is InChI=1S/C28H29FN4O2/c1-16(2)18-5-4-6-19-17(15-32-26(18)19)11-13-30-22-8-9-23(28(35-3)25(22)29)33-21-12-14-31-27-20(21)7-10-24(27)34/h4-6,8-9,12,14-15,24,30,32,34H,1,7,10-11,13H2,2-3H3,(H,31,33)/t24-/m0/s1. The number of para-hydroxylation sites is 1. The van der Waals surface area contributed by atoms with Crippen LogP contribution in [0.25, 0.3) is 16.5 Å². The Labute approximate surface area is 203 Å². The first-order chi connectivity index (χ1) is 17.0. The molecule has 0 spiro atoms. The van der Waals surface area contributed by atoms with Crippen LogP contribution in [0.5, 0.6) is 5.75 Å². The van der Waals surface area contributed by atoms with Gasteiger partial charge in [-0.3, -0.25) is 4.98 Å². The summed E-state index contributed by atoms with van der Waals surface area (Å²) in [6, 6.07) is 11.5. The van der Waals surface area contributed by atoms with Crippen LogP contribution in [0, 0.1) is 5.82 Å². The Kier molecular flexibility index (Phi) is 6.17.